The molecule has 2 aromatic rings. The number of rotatable bonds is 3. The average Bonchev–Trinajstić information content (AvgIpc) is 2.63. The summed E-state index contributed by atoms with van der Waals surface area (Å²) in [6.45, 7) is 3.12. The Bertz CT molecular complexity index is 768. The number of nitrogens with zero attached hydrogens (tertiary/aromatic N) is 2. The summed E-state index contributed by atoms with van der Waals surface area (Å²) in [5, 5.41) is 3.58. The molecule has 0 bridgehead atoms. The predicted molar refractivity (Wildman–Crippen MR) is 96.8 cm³/mol. The Morgan fingerprint density at radius 2 is 1.88 bits per heavy atom. The van der Waals surface area contributed by atoms with Crippen molar-refractivity contribution in [1.82, 2.24) is 15.2 Å². The molecule has 0 unspecified atom stereocenters. The van der Waals surface area contributed by atoms with Crippen LogP contribution in [0, 0.1) is 6.92 Å². The number of likely N-dealkylation sites (tertiary alicyclic amines) is 1. The summed E-state index contributed by atoms with van der Waals surface area (Å²) < 4.78 is 0. The van der Waals surface area contributed by atoms with Gasteiger partial charge in [0.25, 0.3) is 11.8 Å². The zero-order valence-corrected chi connectivity index (χ0v) is 14.8. The number of carbonyl (C=O) groups is 2. The highest BCUT2D eigenvalue weighted by molar-refractivity contribution is 6.30. The average molecular weight is 358 g/mol. The van der Waals surface area contributed by atoms with E-state index in [0.29, 0.717) is 29.4 Å². The molecule has 0 aliphatic carbocycles. The van der Waals surface area contributed by atoms with Crippen LogP contribution in [-0.2, 0) is 0 Å². The summed E-state index contributed by atoms with van der Waals surface area (Å²) in [6.07, 6.45) is 2.94. The molecule has 6 heteroatoms. The number of hydrogen-bond acceptors (Lipinski definition) is 3. The van der Waals surface area contributed by atoms with Gasteiger partial charge in [-0.3, -0.25) is 9.59 Å². The van der Waals surface area contributed by atoms with Gasteiger partial charge in [0.15, 0.2) is 0 Å². The Balaban J connectivity index is 1.55. The molecular formula is C19H20ClN3O2. The molecule has 5 nitrogen and oxygen atoms in total. The fraction of sp³-hybridized carbons (Fsp3) is 0.316. The molecule has 1 aliphatic rings. The number of carbonyl (C=O) groups excluding carboxylic acids is 2. The fourth-order valence-electron chi connectivity index (χ4n) is 2.98. The first kappa shape index (κ1) is 17.4. The van der Waals surface area contributed by atoms with Crippen molar-refractivity contribution in [1.29, 1.82) is 0 Å². The van der Waals surface area contributed by atoms with Gasteiger partial charge in [0, 0.05) is 30.9 Å². The molecule has 1 aromatic carbocycles. The van der Waals surface area contributed by atoms with Crippen LogP contribution >= 0.6 is 11.6 Å². The molecular weight excluding hydrogens is 338 g/mol. The molecule has 0 spiro atoms. The second kappa shape index (κ2) is 7.66. The van der Waals surface area contributed by atoms with Gasteiger partial charge in [0.2, 0.25) is 0 Å². The van der Waals surface area contributed by atoms with E-state index in [-0.39, 0.29) is 17.9 Å². The van der Waals surface area contributed by atoms with Gasteiger partial charge in [-0.05, 0) is 43.5 Å². The van der Waals surface area contributed by atoms with Gasteiger partial charge >= 0.3 is 0 Å². The number of amides is 2. The SMILES string of the molecule is Cc1ccccc1C(=O)NC1CCN(C(=O)c2ccc(Cl)cn2)CC1. The van der Waals surface area contributed by atoms with Crippen molar-refractivity contribution >= 4 is 23.4 Å². The number of hydrogen-bond donors (Lipinski definition) is 1. The molecule has 0 saturated carbocycles. The third-order valence-corrected chi connectivity index (χ3v) is 4.68. The molecule has 1 aliphatic heterocycles. The summed E-state index contributed by atoms with van der Waals surface area (Å²) in [4.78, 5) is 30.7. The number of halogens is 1. The van der Waals surface area contributed by atoms with Crippen LogP contribution in [0.5, 0.6) is 0 Å². The van der Waals surface area contributed by atoms with Crippen molar-refractivity contribution in [2.45, 2.75) is 25.8 Å². The van der Waals surface area contributed by atoms with E-state index in [2.05, 4.69) is 10.3 Å². The van der Waals surface area contributed by atoms with Gasteiger partial charge in [0.1, 0.15) is 5.69 Å². The molecule has 1 saturated heterocycles. The monoisotopic (exact) mass is 357 g/mol. The summed E-state index contributed by atoms with van der Waals surface area (Å²) >= 11 is 5.80. The Morgan fingerprint density at radius 1 is 1.16 bits per heavy atom. The third-order valence-electron chi connectivity index (χ3n) is 4.45. The van der Waals surface area contributed by atoms with Crippen LogP contribution in [0.15, 0.2) is 42.6 Å². The maximum absolute atomic E-state index is 12.4. The van der Waals surface area contributed by atoms with Crippen molar-refractivity contribution in [2.24, 2.45) is 0 Å². The largest absolute Gasteiger partial charge is 0.349 e. The third kappa shape index (κ3) is 4.17. The standard InChI is InChI=1S/C19H20ClN3O2/c1-13-4-2-3-5-16(13)18(24)22-15-8-10-23(11-9-15)19(25)17-7-6-14(20)12-21-17/h2-7,12,15H,8-11H2,1H3,(H,22,24). The second-order valence-electron chi connectivity index (χ2n) is 6.22. The van der Waals surface area contributed by atoms with Gasteiger partial charge < -0.3 is 10.2 Å². The Hall–Kier alpha value is -2.40. The summed E-state index contributed by atoms with van der Waals surface area (Å²) in [5.41, 5.74) is 2.06. The fourth-order valence-corrected chi connectivity index (χ4v) is 3.09. The Morgan fingerprint density at radius 3 is 2.52 bits per heavy atom. The molecule has 0 radical (unpaired) electrons. The van der Waals surface area contributed by atoms with Crippen molar-refractivity contribution in [2.75, 3.05) is 13.1 Å². The highest BCUT2D eigenvalue weighted by Gasteiger charge is 2.25. The van der Waals surface area contributed by atoms with Crippen LogP contribution in [0.3, 0.4) is 0 Å². The molecule has 2 heterocycles. The number of aryl methyl sites for hydroxylation is 1. The van der Waals surface area contributed by atoms with E-state index in [0.717, 1.165) is 18.4 Å². The van der Waals surface area contributed by atoms with Crippen LogP contribution < -0.4 is 5.32 Å². The lowest BCUT2D eigenvalue weighted by Gasteiger charge is -2.32. The maximum atomic E-state index is 12.4. The van der Waals surface area contributed by atoms with Gasteiger partial charge in [0.05, 0.1) is 5.02 Å². The zero-order chi connectivity index (χ0) is 17.8. The molecule has 25 heavy (non-hydrogen) atoms. The number of piperidine rings is 1. The minimum absolute atomic E-state index is 0.0535. The van der Waals surface area contributed by atoms with Crippen LogP contribution in [-0.4, -0.2) is 40.8 Å². The molecule has 130 valence electrons. The van der Waals surface area contributed by atoms with Crippen LogP contribution in [0.4, 0.5) is 0 Å². The van der Waals surface area contributed by atoms with Crippen molar-refractivity contribution in [3.63, 3.8) is 0 Å². The van der Waals surface area contributed by atoms with Gasteiger partial charge in [-0.25, -0.2) is 4.98 Å². The maximum Gasteiger partial charge on any atom is 0.272 e. The van der Waals surface area contributed by atoms with Gasteiger partial charge in [-0.15, -0.1) is 0 Å². The summed E-state index contributed by atoms with van der Waals surface area (Å²) in [7, 11) is 0. The normalized spacial score (nSPS) is 15.0. The van der Waals surface area contributed by atoms with E-state index in [1.165, 1.54) is 6.20 Å². The predicted octanol–water partition coefficient (Wildman–Crippen LogP) is 3.08. The molecule has 1 aromatic heterocycles. The lowest BCUT2D eigenvalue weighted by Crippen LogP contribution is -2.46. The molecule has 0 atom stereocenters. The number of aromatic nitrogens is 1. The summed E-state index contributed by atoms with van der Waals surface area (Å²) in [5.74, 6) is -0.150. The minimum Gasteiger partial charge on any atom is -0.349 e. The number of nitrogens with one attached hydrogen (secondary N) is 1. The smallest absolute Gasteiger partial charge is 0.272 e. The Kier molecular flexibility index (Phi) is 5.34. The highest BCUT2D eigenvalue weighted by atomic mass is 35.5. The van der Waals surface area contributed by atoms with E-state index < -0.39 is 0 Å². The zero-order valence-electron chi connectivity index (χ0n) is 14.0. The van der Waals surface area contributed by atoms with E-state index in [1.807, 2.05) is 31.2 Å². The first-order valence-electron chi connectivity index (χ1n) is 8.32. The van der Waals surface area contributed by atoms with Crippen molar-refractivity contribution < 1.29 is 9.59 Å². The van der Waals surface area contributed by atoms with Gasteiger partial charge in [-0.2, -0.15) is 0 Å². The van der Waals surface area contributed by atoms with E-state index in [1.54, 1.807) is 17.0 Å². The van der Waals surface area contributed by atoms with Gasteiger partial charge in [-0.1, -0.05) is 29.8 Å². The first-order chi connectivity index (χ1) is 12.0. The van der Waals surface area contributed by atoms with Crippen molar-refractivity contribution in [3.05, 3.63) is 64.4 Å². The minimum atomic E-state index is -0.0969. The molecule has 2 amide bonds. The van der Waals surface area contributed by atoms with E-state index >= 15 is 0 Å². The quantitative estimate of drug-likeness (QED) is 0.918. The summed E-state index contributed by atoms with van der Waals surface area (Å²) in [6, 6.07) is 10.9. The van der Waals surface area contributed by atoms with Crippen LogP contribution in [0.1, 0.15) is 39.3 Å². The topological polar surface area (TPSA) is 62.3 Å². The second-order valence-corrected chi connectivity index (χ2v) is 6.65. The van der Waals surface area contributed by atoms with Crippen molar-refractivity contribution in [3.8, 4) is 0 Å². The van der Waals surface area contributed by atoms with Crippen LogP contribution in [0.25, 0.3) is 0 Å². The van der Waals surface area contributed by atoms with E-state index in [4.69, 9.17) is 11.6 Å². The first-order valence-corrected chi connectivity index (χ1v) is 8.69. The lowest BCUT2D eigenvalue weighted by atomic mass is 10.0. The number of benzene rings is 1. The lowest BCUT2D eigenvalue weighted by molar-refractivity contribution is 0.0692. The highest BCUT2D eigenvalue weighted by Crippen LogP contribution is 2.15. The molecule has 1 N–H and O–H groups in total. The molecule has 1 fully saturated rings. The van der Waals surface area contributed by atoms with E-state index in [9.17, 15) is 9.59 Å². The molecule has 3 rings (SSSR count). The Labute approximate surface area is 152 Å². The van der Waals surface area contributed by atoms with Crippen LogP contribution in [0.2, 0.25) is 5.02 Å². The number of pyridine rings is 1.